The number of nitrogens with one attached hydrogen (secondary N) is 1. The Balaban J connectivity index is 1.37. The number of anilines is 1. The van der Waals surface area contributed by atoms with Crippen LogP contribution in [0.3, 0.4) is 0 Å². The number of benzene rings is 1. The SMILES string of the molecule is O=C(c1cccc2cc[nH]c12)N1CCO[C@@H](c2ccnc(N3CCCC3)n2)C1. The highest BCUT2D eigenvalue weighted by Gasteiger charge is 2.28. The predicted molar refractivity (Wildman–Crippen MR) is 106 cm³/mol. The molecule has 2 aliphatic rings. The van der Waals surface area contributed by atoms with Crippen LogP contribution in [0.5, 0.6) is 0 Å². The summed E-state index contributed by atoms with van der Waals surface area (Å²) in [4.78, 5) is 29.6. The van der Waals surface area contributed by atoms with E-state index in [0.29, 0.717) is 25.3 Å². The Labute approximate surface area is 163 Å². The minimum absolute atomic E-state index is 0.0233. The summed E-state index contributed by atoms with van der Waals surface area (Å²) in [5.74, 6) is 0.786. The van der Waals surface area contributed by atoms with Gasteiger partial charge in [-0.3, -0.25) is 4.79 Å². The summed E-state index contributed by atoms with van der Waals surface area (Å²) in [6.45, 7) is 3.57. The van der Waals surface area contributed by atoms with Crippen LogP contribution >= 0.6 is 0 Å². The maximum atomic E-state index is 13.2. The van der Waals surface area contributed by atoms with E-state index in [4.69, 9.17) is 9.72 Å². The molecule has 7 nitrogen and oxygen atoms in total. The van der Waals surface area contributed by atoms with Crippen molar-refractivity contribution in [3.05, 3.63) is 54.0 Å². The molecule has 2 saturated heterocycles. The number of amides is 1. The first kappa shape index (κ1) is 17.2. The Morgan fingerprint density at radius 2 is 2.04 bits per heavy atom. The number of aromatic amines is 1. The number of morpholine rings is 1. The van der Waals surface area contributed by atoms with Crippen molar-refractivity contribution in [3.8, 4) is 0 Å². The smallest absolute Gasteiger partial charge is 0.256 e. The lowest BCUT2D eigenvalue weighted by molar-refractivity contribution is -0.0246. The summed E-state index contributed by atoms with van der Waals surface area (Å²) in [5.41, 5.74) is 2.42. The summed E-state index contributed by atoms with van der Waals surface area (Å²) >= 11 is 0. The molecule has 1 N–H and O–H groups in total. The van der Waals surface area contributed by atoms with Gasteiger partial charge in [0.2, 0.25) is 5.95 Å². The van der Waals surface area contributed by atoms with Crippen LogP contribution in [0.25, 0.3) is 10.9 Å². The number of H-pyrrole nitrogens is 1. The second-order valence-corrected chi connectivity index (χ2v) is 7.33. The fraction of sp³-hybridized carbons (Fsp3) is 0.381. The first-order valence-electron chi connectivity index (χ1n) is 9.84. The van der Waals surface area contributed by atoms with Gasteiger partial charge < -0.3 is 19.5 Å². The molecule has 0 radical (unpaired) electrons. The van der Waals surface area contributed by atoms with E-state index in [0.717, 1.165) is 35.6 Å². The molecule has 5 rings (SSSR count). The van der Waals surface area contributed by atoms with Gasteiger partial charge in [-0.05, 0) is 31.0 Å². The van der Waals surface area contributed by atoms with Gasteiger partial charge in [-0.15, -0.1) is 0 Å². The van der Waals surface area contributed by atoms with Crippen molar-refractivity contribution in [3.63, 3.8) is 0 Å². The van der Waals surface area contributed by atoms with E-state index in [9.17, 15) is 4.79 Å². The predicted octanol–water partition coefficient (Wildman–Crippen LogP) is 2.77. The quantitative estimate of drug-likeness (QED) is 0.760. The van der Waals surface area contributed by atoms with Crippen LogP contribution in [0.4, 0.5) is 5.95 Å². The Hall–Kier alpha value is -2.93. The zero-order valence-electron chi connectivity index (χ0n) is 15.7. The van der Waals surface area contributed by atoms with E-state index >= 15 is 0 Å². The lowest BCUT2D eigenvalue weighted by Crippen LogP contribution is -2.42. The van der Waals surface area contributed by atoms with E-state index in [1.54, 1.807) is 6.20 Å². The molecule has 0 saturated carbocycles. The van der Waals surface area contributed by atoms with Crippen molar-refractivity contribution in [2.24, 2.45) is 0 Å². The van der Waals surface area contributed by atoms with E-state index < -0.39 is 0 Å². The molecule has 0 bridgehead atoms. The lowest BCUT2D eigenvalue weighted by Gasteiger charge is -2.33. The number of hydrogen-bond donors (Lipinski definition) is 1. The van der Waals surface area contributed by atoms with Gasteiger partial charge in [0, 0.05) is 37.4 Å². The summed E-state index contributed by atoms with van der Waals surface area (Å²) in [6, 6.07) is 9.68. The molecule has 144 valence electrons. The maximum Gasteiger partial charge on any atom is 0.256 e. The van der Waals surface area contributed by atoms with Crippen molar-refractivity contribution in [2.45, 2.75) is 18.9 Å². The Kier molecular flexibility index (Phi) is 4.44. The molecule has 0 aliphatic carbocycles. The molecule has 7 heteroatoms. The standard InChI is InChI=1S/C21H23N5O2/c27-20(16-5-3-4-15-6-8-22-19(15)16)26-12-13-28-18(14-26)17-7-9-23-21(24-17)25-10-1-2-11-25/h3-9,18,22H,1-2,10-14H2/t18-/m1/s1. The van der Waals surface area contributed by atoms with Crippen LogP contribution in [-0.4, -0.2) is 58.5 Å². The van der Waals surface area contributed by atoms with Crippen molar-refractivity contribution < 1.29 is 9.53 Å². The molecule has 2 aromatic heterocycles. The van der Waals surface area contributed by atoms with Crippen molar-refractivity contribution in [1.29, 1.82) is 0 Å². The van der Waals surface area contributed by atoms with Crippen LogP contribution in [0.1, 0.15) is 35.0 Å². The first-order chi connectivity index (χ1) is 13.8. The lowest BCUT2D eigenvalue weighted by atomic mass is 10.1. The minimum Gasteiger partial charge on any atom is -0.368 e. The second kappa shape index (κ2) is 7.24. The number of hydrogen-bond acceptors (Lipinski definition) is 5. The number of carbonyl (C=O) groups excluding carboxylic acids is 1. The van der Waals surface area contributed by atoms with Crippen LogP contribution in [0.2, 0.25) is 0 Å². The molecule has 1 aromatic carbocycles. The molecule has 0 spiro atoms. The summed E-state index contributed by atoms with van der Waals surface area (Å²) in [6.07, 6.45) is 5.79. The molecule has 2 fully saturated rings. The molecule has 3 aromatic rings. The van der Waals surface area contributed by atoms with E-state index in [1.165, 1.54) is 12.8 Å². The van der Waals surface area contributed by atoms with Gasteiger partial charge in [-0.2, -0.15) is 0 Å². The fourth-order valence-electron chi connectivity index (χ4n) is 4.06. The van der Waals surface area contributed by atoms with Crippen LogP contribution in [0, 0.1) is 0 Å². The molecule has 1 atom stereocenters. The van der Waals surface area contributed by atoms with Crippen LogP contribution in [0.15, 0.2) is 42.7 Å². The average Bonchev–Trinajstić information content (AvgIpc) is 3.45. The Morgan fingerprint density at radius 3 is 2.93 bits per heavy atom. The first-order valence-corrected chi connectivity index (χ1v) is 9.84. The zero-order valence-corrected chi connectivity index (χ0v) is 15.7. The number of ether oxygens (including phenoxy) is 1. The molecule has 28 heavy (non-hydrogen) atoms. The third-order valence-corrected chi connectivity index (χ3v) is 5.55. The van der Waals surface area contributed by atoms with Gasteiger partial charge in [-0.25, -0.2) is 9.97 Å². The number of rotatable bonds is 3. The highest BCUT2D eigenvalue weighted by molar-refractivity contribution is 6.05. The highest BCUT2D eigenvalue weighted by Crippen LogP contribution is 2.25. The zero-order chi connectivity index (χ0) is 18.9. The molecular weight excluding hydrogens is 354 g/mol. The number of aromatic nitrogens is 3. The van der Waals surface area contributed by atoms with Gasteiger partial charge in [0.15, 0.2) is 0 Å². The number of carbonyl (C=O) groups is 1. The minimum atomic E-state index is -0.232. The van der Waals surface area contributed by atoms with Gasteiger partial charge in [0.05, 0.1) is 29.9 Å². The average molecular weight is 377 g/mol. The number of nitrogens with zero attached hydrogens (tertiary/aromatic N) is 4. The third-order valence-electron chi connectivity index (χ3n) is 5.55. The number of para-hydroxylation sites is 1. The fourth-order valence-corrected chi connectivity index (χ4v) is 4.06. The van der Waals surface area contributed by atoms with Gasteiger partial charge in [-0.1, -0.05) is 12.1 Å². The van der Waals surface area contributed by atoms with Gasteiger partial charge in [0.1, 0.15) is 6.10 Å². The number of fused-ring (bicyclic) bond motifs is 1. The van der Waals surface area contributed by atoms with Gasteiger partial charge in [0.25, 0.3) is 5.91 Å². The van der Waals surface area contributed by atoms with Crippen LogP contribution in [-0.2, 0) is 4.74 Å². The molecule has 4 heterocycles. The van der Waals surface area contributed by atoms with E-state index in [-0.39, 0.29) is 12.0 Å². The monoisotopic (exact) mass is 377 g/mol. The topological polar surface area (TPSA) is 74.3 Å². The summed E-state index contributed by atoms with van der Waals surface area (Å²) in [7, 11) is 0. The molecule has 1 amide bonds. The van der Waals surface area contributed by atoms with Gasteiger partial charge >= 0.3 is 0 Å². The third kappa shape index (κ3) is 3.11. The molecular formula is C21H23N5O2. The Morgan fingerprint density at radius 1 is 1.14 bits per heavy atom. The maximum absolute atomic E-state index is 13.2. The largest absolute Gasteiger partial charge is 0.368 e. The molecule has 2 aliphatic heterocycles. The van der Waals surface area contributed by atoms with E-state index in [2.05, 4.69) is 14.9 Å². The Bertz CT molecular complexity index is 995. The van der Waals surface area contributed by atoms with Crippen LogP contribution < -0.4 is 4.90 Å². The van der Waals surface area contributed by atoms with Crippen molar-refractivity contribution >= 4 is 22.8 Å². The van der Waals surface area contributed by atoms with Crippen molar-refractivity contribution in [1.82, 2.24) is 19.9 Å². The second-order valence-electron chi connectivity index (χ2n) is 7.33. The van der Waals surface area contributed by atoms with E-state index in [1.807, 2.05) is 41.4 Å². The normalized spacial score (nSPS) is 20.1. The summed E-state index contributed by atoms with van der Waals surface area (Å²) in [5, 5.41) is 1.04. The summed E-state index contributed by atoms with van der Waals surface area (Å²) < 4.78 is 5.96. The van der Waals surface area contributed by atoms with Crippen molar-refractivity contribution in [2.75, 3.05) is 37.7 Å². The molecule has 0 unspecified atom stereocenters. The highest BCUT2D eigenvalue weighted by atomic mass is 16.5.